The Morgan fingerprint density at radius 1 is 1.41 bits per heavy atom. The van der Waals surface area contributed by atoms with Gasteiger partial charge in [0.1, 0.15) is 5.82 Å². The number of alkyl halides is 1. The molecule has 1 aliphatic carbocycles. The minimum atomic E-state index is 0.386. The summed E-state index contributed by atoms with van der Waals surface area (Å²) in [5.41, 5.74) is 0. The van der Waals surface area contributed by atoms with Gasteiger partial charge < -0.3 is 4.57 Å². The summed E-state index contributed by atoms with van der Waals surface area (Å²) in [6.07, 6.45) is 12.6. The largest absolute Gasteiger partial charge is 0.335 e. The lowest BCUT2D eigenvalue weighted by molar-refractivity contribution is 0.439. The van der Waals surface area contributed by atoms with E-state index in [2.05, 4.69) is 22.7 Å². The predicted molar refractivity (Wildman–Crippen MR) is 72.4 cm³/mol. The van der Waals surface area contributed by atoms with Crippen LogP contribution in [0.1, 0.15) is 51.3 Å². The van der Waals surface area contributed by atoms with Crippen LogP contribution in [-0.4, -0.2) is 14.9 Å². The van der Waals surface area contributed by atoms with Crippen LogP contribution in [0.4, 0.5) is 0 Å². The molecule has 1 heterocycles. The van der Waals surface area contributed by atoms with Gasteiger partial charge in [-0.3, -0.25) is 0 Å². The Morgan fingerprint density at radius 3 is 3.06 bits per heavy atom. The summed E-state index contributed by atoms with van der Waals surface area (Å²) in [7, 11) is 0. The van der Waals surface area contributed by atoms with Crippen molar-refractivity contribution in [1.29, 1.82) is 0 Å². The van der Waals surface area contributed by atoms with Gasteiger partial charge in [0, 0.05) is 30.7 Å². The molecule has 0 N–H and O–H groups in total. The fourth-order valence-corrected chi connectivity index (χ4v) is 3.22. The van der Waals surface area contributed by atoms with E-state index in [0.29, 0.717) is 5.38 Å². The first kappa shape index (κ1) is 12.9. The molecular formula is C14H23ClN2. The number of hydrogen-bond donors (Lipinski definition) is 0. The van der Waals surface area contributed by atoms with Gasteiger partial charge in [-0.25, -0.2) is 4.98 Å². The van der Waals surface area contributed by atoms with Crippen LogP contribution in [0.2, 0.25) is 0 Å². The van der Waals surface area contributed by atoms with Crippen molar-refractivity contribution in [3.05, 3.63) is 18.2 Å². The molecule has 2 nitrogen and oxygen atoms in total. The van der Waals surface area contributed by atoms with Crippen LogP contribution in [0.5, 0.6) is 0 Å². The highest BCUT2D eigenvalue weighted by Gasteiger charge is 2.20. The first-order valence-electron chi connectivity index (χ1n) is 6.93. The molecule has 2 atom stereocenters. The van der Waals surface area contributed by atoms with Crippen molar-refractivity contribution in [2.45, 2.75) is 63.8 Å². The highest BCUT2D eigenvalue weighted by molar-refractivity contribution is 6.20. The summed E-state index contributed by atoms with van der Waals surface area (Å²) in [4.78, 5) is 4.50. The molecule has 0 bridgehead atoms. The number of rotatable bonds is 4. The summed E-state index contributed by atoms with van der Waals surface area (Å²) in [6.45, 7) is 3.30. The van der Waals surface area contributed by atoms with Crippen LogP contribution in [-0.2, 0) is 13.0 Å². The van der Waals surface area contributed by atoms with E-state index in [9.17, 15) is 0 Å². The summed E-state index contributed by atoms with van der Waals surface area (Å²) >= 11 is 6.33. The second-order valence-electron chi connectivity index (χ2n) is 5.22. The molecule has 0 aliphatic heterocycles. The molecule has 0 aromatic carbocycles. The second-order valence-corrected chi connectivity index (χ2v) is 5.84. The van der Waals surface area contributed by atoms with Crippen LogP contribution in [0.25, 0.3) is 0 Å². The van der Waals surface area contributed by atoms with Crippen molar-refractivity contribution in [2.24, 2.45) is 5.92 Å². The average molecular weight is 255 g/mol. The topological polar surface area (TPSA) is 17.8 Å². The Hall–Kier alpha value is -0.500. The van der Waals surface area contributed by atoms with E-state index in [1.807, 2.05) is 6.20 Å². The number of imidazole rings is 1. The molecule has 1 aliphatic rings. The van der Waals surface area contributed by atoms with Gasteiger partial charge >= 0.3 is 0 Å². The number of halogens is 1. The molecule has 0 radical (unpaired) electrons. The molecule has 0 spiro atoms. The third kappa shape index (κ3) is 3.74. The molecule has 0 amide bonds. The number of hydrogen-bond acceptors (Lipinski definition) is 1. The van der Waals surface area contributed by atoms with E-state index in [-0.39, 0.29) is 0 Å². The van der Waals surface area contributed by atoms with Crippen LogP contribution in [0, 0.1) is 5.92 Å². The van der Waals surface area contributed by atoms with Crippen molar-refractivity contribution in [3.8, 4) is 0 Å². The van der Waals surface area contributed by atoms with Crippen LogP contribution in [0.15, 0.2) is 12.4 Å². The molecule has 96 valence electrons. The van der Waals surface area contributed by atoms with Crippen molar-refractivity contribution in [3.63, 3.8) is 0 Å². The van der Waals surface area contributed by atoms with E-state index < -0.39 is 0 Å². The molecule has 3 heteroatoms. The molecule has 2 rings (SSSR count). The standard InChI is InChI=1S/C14H23ClN2/c1-2-8-17-9-7-16-14(17)11-12-5-3-4-6-13(15)10-12/h7,9,12-13H,2-6,8,10-11H2,1H3. The fourth-order valence-electron chi connectivity index (χ4n) is 2.81. The van der Waals surface area contributed by atoms with E-state index in [4.69, 9.17) is 11.6 Å². The zero-order valence-corrected chi connectivity index (χ0v) is 11.5. The Bertz CT molecular complexity index is 335. The highest BCUT2D eigenvalue weighted by atomic mass is 35.5. The highest BCUT2D eigenvalue weighted by Crippen LogP contribution is 2.28. The van der Waals surface area contributed by atoms with Gasteiger partial charge in [0.05, 0.1) is 0 Å². The SMILES string of the molecule is CCCn1ccnc1CC1CCCCC(Cl)C1. The Labute approximate surface area is 109 Å². The molecule has 2 unspecified atom stereocenters. The van der Waals surface area contributed by atoms with Crippen molar-refractivity contribution in [2.75, 3.05) is 0 Å². The number of aryl methyl sites for hydroxylation is 1. The first-order valence-corrected chi connectivity index (χ1v) is 7.37. The van der Waals surface area contributed by atoms with Crippen LogP contribution < -0.4 is 0 Å². The van der Waals surface area contributed by atoms with E-state index in [1.165, 1.54) is 44.3 Å². The monoisotopic (exact) mass is 254 g/mol. The van der Waals surface area contributed by atoms with Gasteiger partial charge in [0.2, 0.25) is 0 Å². The second kappa shape index (κ2) is 6.44. The minimum absolute atomic E-state index is 0.386. The zero-order valence-electron chi connectivity index (χ0n) is 10.7. The lowest BCUT2D eigenvalue weighted by atomic mass is 9.96. The van der Waals surface area contributed by atoms with Crippen LogP contribution in [0.3, 0.4) is 0 Å². The average Bonchev–Trinajstić information content (AvgIpc) is 2.61. The molecule has 1 fully saturated rings. The Balaban J connectivity index is 1.96. The van der Waals surface area contributed by atoms with Gasteiger partial charge in [-0.15, -0.1) is 11.6 Å². The smallest absolute Gasteiger partial charge is 0.108 e. The van der Waals surface area contributed by atoms with E-state index in [0.717, 1.165) is 18.9 Å². The lowest BCUT2D eigenvalue weighted by Gasteiger charge is -2.16. The Morgan fingerprint density at radius 2 is 2.24 bits per heavy atom. The molecule has 1 saturated carbocycles. The maximum Gasteiger partial charge on any atom is 0.108 e. The molecular weight excluding hydrogens is 232 g/mol. The van der Waals surface area contributed by atoms with Gasteiger partial charge in [-0.05, 0) is 31.6 Å². The summed E-state index contributed by atoms with van der Waals surface area (Å²) in [5.74, 6) is 1.99. The van der Waals surface area contributed by atoms with E-state index >= 15 is 0 Å². The summed E-state index contributed by atoms with van der Waals surface area (Å²) in [5, 5.41) is 0.386. The zero-order chi connectivity index (χ0) is 12.1. The maximum absolute atomic E-state index is 6.33. The number of nitrogens with zero attached hydrogens (tertiary/aromatic N) is 2. The van der Waals surface area contributed by atoms with Gasteiger partial charge in [0.25, 0.3) is 0 Å². The van der Waals surface area contributed by atoms with Gasteiger partial charge in [-0.2, -0.15) is 0 Å². The predicted octanol–water partition coefficient (Wildman–Crippen LogP) is 4.02. The lowest BCUT2D eigenvalue weighted by Crippen LogP contribution is -2.12. The molecule has 17 heavy (non-hydrogen) atoms. The Kier molecular flexibility index (Phi) is 4.90. The van der Waals surface area contributed by atoms with Crippen molar-refractivity contribution < 1.29 is 0 Å². The fraction of sp³-hybridized carbons (Fsp3) is 0.786. The van der Waals surface area contributed by atoms with Gasteiger partial charge in [0.15, 0.2) is 0 Å². The van der Waals surface area contributed by atoms with Crippen LogP contribution >= 0.6 is 11.6 Å². The summed E-state index contributed by atoms with van der Waals surface area (Å²) in [6, 6.07) is 0. The van der Waals surface area contributed by atoms with Gasteiger partial charge in [-0.1, -0.05) is 19.8 Å². The minimum Gasteiger partial charge on any atom is -0.335 e. The molecule has 0 saturated heterocycles. The number of aromatic nitrogens is 2. The third-order valence-corrected chi connectivity index (χ3v) is 4.10. The molecule has 1 aromatic rings. The van der Waals surface area contributed by atoms with Crippen molar-refractivity contribution in [1.82, 2.24) is 9.55 Å². The molecule has 1 aromatic heterocycles. The summed E-state index contributed by atoms with van der Waals surface area (Å²) < 4.78 is 2.30. The quantitative estimate of drug-likeness (QED) is 0.586. The van der Waals surface area contributed by atoms with E-state index in [1.54, 1.807) is 0 Å². The first-order chi connectivity index (χ1) is 8.29. The normalized spacial score (nSPS) is 25.8. The third-order valence-electron chi connectivity index (χ3n) is 3.71. The maximum atomic E-state index is 6.33. The van der Waals surface area contributed by atoms with Crippen molar-refractivity contribution >= 4 is 11.6 Å².